The van der Waals surface area contributed by atoms with Gasteiger partial charge in [0.25, 0.3) is 0 Å². The van der Waals surface area contributed by atoms with Crippen molar-refractivity contribution in [2.75, 3.05) is 18.9 Å². The summed E-state index contributed by atoms with van der Waals surface area (Å²) in [6.45, 7) is 0.154. The summed E-state index contributed by atoms with van der Waals surface area (Å²) in [5, 5.41) is 15.9. The molecule has 7 nitrogen and oxygen atoms in total. The summed E-state index contributed by atoms with van der Waals surface area (Å²) in [5.74, 6) is 0.294. The molecule has 3 N–H and O–H groups in total. The van der Waals surface area contributed by atoms with Crippen molar-refractivity contribution >= 4 is 11.5 Å². The highest BCUT2D eigenvalue weighted by Gasteiger charge is 2.07. The molecule has 0 atom stereocenters. The lowest BCUT2D eigenvalue weighted by molar-refractivity contribution is 0.0826. The average molecular weight is 183 g/mol. The van der Waals surface area contributed by atoms with E-state index in [2.05, 4.69) is 10.3 Å². The van der Waals surface area contributed by atoms with E-state index in [4.69, 9.17) is 15.7 Å². The first kappa shape index (κ1) is 7.87. The van der Waals surface area contributed by atoms with Crippen molar-refractivity contribution in [3.05, 3.63) is 12.4 Å². The van der Waals surface area contributed by atoms with Gasteiger partial charge in [0.15, 0.2) is 5.82 Å². The standard InChI is InChI=1S/C6H9N5O2/c7-5-6-10(9-8-5)1-2-11(6)13-4-3-12/h1-2,12H,3-4,7H2. The average Bonchev–Trinajstić information content (AvgIpc) is 2.67. The summed E-state index contributed by atoms with van der Waals surface area (Å²) in [6, 6.07) is 0. The molecule has 70 valence electrons. The van der Waals surface area contributed by atoms with Crippen LogP contribution in [0.2, 0.25) is 0 Å². The quantitative estimate of drug-likeness (QED) is 0.606. The molecule has 0 bridgehead atoms. The SMILES string of the molecule is Nc1nnn2ccn(OCCO)c12. The van der Waals surface area contributed by atoms with Crippen LogP contribution in [0.4, 0.5) is 5.82 Å². The van der Waals surface area contributed by atoms with Crippen molar-refractivity contribution in [2.24, 2.45) is 0 Å². The number of hydrogen-bond donors (Lipinski definition) is 2. The number of fused-ring (bicyclic) bond motifs is 1. The van der Waals surface area contributed by atoms with Gasteiger partial charge < -0.3 is 15.7 Å². The van der Waals surface area contributed by atoms with Crippen LogP contribution in [0.3, 0.4) is 0 Å². The van der Waals surface area contributed by atoms with E-state index >= 15 is 0 Å². The zero-order valence-electron chi connectivity index (χ0n) is 6.79. The van der Waals surface area contributed by atoms with Crippen LogP contribution in [-0.2, 0) is 0 Å². The van der Waals surface area contributed by atoms with Crippen LogP contribution >= 0.6 is 0 Å². The number of nitrogens with two attached hydrogens (primary N) is 1. The van der Waals surface area contributed by atoms with Gasteiger partial charge in [-0.15, -0.1) is 5.10 Å². The molecule has 0 aliphatic heterocycles. The number of rotatable bonds is 3. The van der Waals surface area contributed by atoms with Gasteiger partial charge in [0.2, 0.25) is 5.65 Å². The maximum atomic E-state index is 8.55. The predicted octanol–water partition coefficient (Wildman–Crippen LogP) is -1.47. The van der Waals surface area contributed by atoms with Crippen LogP contribution in [0.1, 0.15) is 0 Å². The molecule has 0 spiro atoms. The summed E-state index contributed by atoms with van der Waals surface area (Å²) in [6.07, 6.45) is 3.31. The number of imidazole rings is 1. The number of anilines is 1. The normalized spacial score (nSPS) is 10.8. The summed E-state index contributed by atoms with van der Waals surface area (Å²) < 4.78 is 2.91. The Morgan fingerprint density at radius 3 is 3.15 bits per heavy atom. The number of aromatic nitrogens is 4. The van der Waals surface area contributed by atoms with Gasteiger partial charge in [-0.2, -0.15) is 9.25 Å². The number of hydrogen-bond acceptors (Lipinski definition) is 5. The molecule has 2 aromatic heterocycles. The maximum Gasteiger partial charge on any atom is 0.215 e. The molecule has 2 heterocycles. The summed E-state index contributed by atoms with van der Waals surface area (Å²) in [5.41, 5.74) is 6.10. The highest BCUT2D eigenvalue weighted by atomic mass is 16.7. The third kappa shape index (κ3) is 1.18. The van der Waals surface area contributed by atoms with Gasteiger partial charge in [0.1, 0.15) is 6.61 Å². The zero-order valence-corrected chi connectivity index (χ0v) is 6.79. The molecule has 0 aliphatic carbocycles. The minimum Gasteiger partial charge on any atom is -0.410 e. The topological polar surface area (TPSA) is 90.6 Å². The molecule has 0 amide bonds. The number of nitrogens with zero attached hydrogens (tertiary/aromatic N) is 4. The van der Waals surface area contributed by atoms with Crippen molar-refractivity contribution in [1.29, 1.82) is 0 Å². The Morgan fingerprint density at radius 2 is 2.38 bits per heavy atom. The highest BCUT2D eigenvalue weighted by Crippen LogP contribution is 2.08. The molecular weight excluding hydrogens is 174 g/mol. The smallest absolute Gasteiger partial charge is 0.215 e. The molecular formula is C6H9N5O2. The zero-order chi connectivity index (χ0) is 9.26. The van der Waals surface area contributed by atoms with Crippen molar-refractivity contribution in [2.45, 2.75) is 0 Å². The molecule has 13 heavy (non-hydrogen) atoms. The minimum absolute atomic E-state index is 0.0498. The summed E-state index contributed by atoms with van der Waals surface area (Å²) in [4.78, 5) is 5.13. The van der Waals surface area contributed by atoms with E-state index in [0.29, 0.717) is 11.5 Å². The molecule has 0 unspecified atom stereocenters. The van der Waals surface area contributed by atoms with E-state index in [9.17, 15) is 0 Å². The van der Waals surface area contributed by atoms with Crippen molar-refractivity contribution in [3.63, 3.8) is 0 Å². The Bertz CT molecular complexity index is 406. The summed E-state index contributed by atoms with van der Waals surface area (Å²) in [7, 11) is 0. The second-order valence-electron chi connectivity index (χ2n) is 2.42. The molecule has 0 aromatic carbocycles. The van der Waals surface area contributed by atoms with E-state index < -0.39 is 0 Å². The van der Waals surface area contributed by atoms with Crippen LogP contribution < -0.4 is 10.6 Å². The van der Waals surface area contributed by atoms with E-state index in [0.717, 1.165) is 0 Å². The van der Waals surface area contributed by atoms with Crippen molar-refractivity contribution in [3.8, 4) is 0 Å². The molecule has 0 saturated carbocycles. The van der Waals surface area contributed by atoms with Gasteiger partial charge in [-0.1, -0.05) is 5.21 Å². The van der Waals surface area contributed by atoms with Crippen LogP contribution in [0.25, 0.3) is 5.65 Å². The van der Waals surface area contributed by atoms with E-state index in [1.54, 1.807) is 12.4 Å². The lowest BCUT2D eigenvalue weighted by Gasteiger charge is -2.03. The highest BCUT2D eigenvalue weighted by molar-refractivity contribution is 5.58. The molecule has 0 aliphatic rings. The van der Waals surface area contributed by atoms with Gasteiger partial charge in [0.05, 0.1) is 19.0 Å². The monoisotopic (exact) mass is 183 g/mol. The van der Waals surface area contributed by atoms with Gasteiger partial charge in [-0.25, -0.2) is 0 Å². The second-order valence-corrected chi connectivity index (χ2v) is 2.42. The predicted molar refractivity (Wildman–Crippen MR) is 43.9 cm³/mol. The van der Waals surface area contributed by atoms with Crippen LogP contribution in [-0.4, -0.2) is 37.9 Å². The van der Waals surface area contributed by atoms with E-state index in [1.165, 1.54) is 9.25 Å². The fourth-order valence-electron chi connectivity index (χ4n) is 1.05. The van der Waals surface area contributed by atoms with E-state index in [-0.39, 0.29) is 13.2 Å². The fourth-order valence-corrected chi connectivity index (χ4v) is 1.05. The second kappa shape index (κ2) is 2.94. The third-order valence-corrected chi connectivity index (χ3v) is 1.57. The number of aliphatic hydroxyl groups is 1. The molecule has 0 fully saturated rings. The van der Waals surface area contributed by atoms with Gasteiger partial charge in [-0.3, -0.25) is 0 Å². The van der Waals surface area contributed by atoms with Crippen LogP contribution in [0.5, 0.6) is 0 Å². The molecule has 7 heteroatoms. The van der Waals surface area contributed by atoms with Gasteiger partial charge in [0, 0.05) is 0 Å². The lowest BCUT2D eigenvalue weighted by Crippen LogP contribution is -2.14. The number of aliphatic hydroxyl groups excluding tert-OH is 1. The molecule has 0 radical (unpaired) electrons. The Morgan fingerprint density at radius 1 is 1.54 bits per heavy atom. The molecule has 2 aromatic rings. The Labute approximate surface area is 73.3 Å². The Hall–Kier alpha value is -1.76. The number of nitrogen functional groups attached to an aromatic ring is 1. The van der Waals surface area contributed by atoms with Crippen molar-refractivity contribution in [1.82, 2.24) is 19.6 Å². The first-order chi connectivity index (χ1) is 6.33. The Kier molecular flexibility index (Phi) is 1.78. The fraction of sp³-hybridized carbons (Fsp3) is 0.333. The third-order valence-electron chi connectivity index (χ3n) is 1.57. The first-order valence-electron chi connectivity index (χ1n) is 3.75. The maximum absolute atomic E-state index is 8.55. The Balaban J connectivity index is 2.38. The first-order valence-corrected chi connectivity index (χ1v) is 3.75. The van der Waals surface area contributed by atoms with Gasteiger partial charge >= 0.3 is 0 Å². The van der Waals surface area contributed by atoms with Crippen LogP contribution in [0.15, 0.2) is 12.4 Å². The summed E-state index contributed by atoms with van der Waals surface area (Å²) >= 11 is 0. The van der Waals surface area contributed by atoms with Crippen LogP contribution in [0, 0.1) is 0 Å². The molecule has 2 rings (SSSR count). The molecule has 0 saturated heterocycles. The lowest BCUT2D eigenvalue weighted by atomic mass is 10.7. The largest absolute Gasteiger partial charge is 0.410 e. The van der Waals surface area contributed by atoms with E-state index in [1.807, 2.05) is 0 Å². The van der Waals surface area contributed by atoms with Gasteiger partial charge in [-0.05, 0) is 0 Å². The minimum atomic E-state index is -0.0498. The van der Waals surface area contributed by atoms with Crippen molar-refractivity contribution < 1.29 is 9.94 Å².